The summed E-state index contributed by atoms with van der Waals surface area (Å²) < 4.78 is 27.5. The molecule has 8 nitrogen and oxygen atoms in total. The van der Waals surface area contributed by atoms with Crippen molar-refractivity contribution in [2.45, 2.75) is 44.6 Å². The van der Waals surface area contributed by atoms with Crippen molar-refractivity contribution in [3.05, 3.63) is 50.0 Å². The predicted molar refractivity (Wildman–Crippen MR) is 113 cm³/mol. The summed E-state index contributed by atoms with van der Waals surface area (Å²) in [7, 11) is -3.77. The van der Waals surface area contributed by atoms with Crippen LogP contribution in [0, 0.1) is 17.0 Å². The van der Waals surface area contributed by atoms with E-state index >= 15 is 0 Å². The highest BCUT2D eigenvalue weighted by Gasteiger charge is 2.31. The van der Waals surface area contributed by atoms with Crippen LogP contribution in [0.15, 0.2) is 28.5 Å². The van der Waals surface area contributed by atoms with Gasteiger partial charge in [0.05, 0.1) is 22.1 Å². The van der Waals surface area contributed by atoms with E-state index in [-0.39, 0.29) is 16.0 Å². The van der Waals surface area contributed by atoms with E-state index in [1.807, 2.05) is 0 Å². The van der Waals surface area contributed by atoms with Crippen LogP contribution in [0.2, 0.25) is 0 Å². The standard InChI is InChI=1S/C19H26N4O4S2/c1-14-5-6-15(23(24)25)11-16(14)29(26,27)22-9-7-21(8-10-22)12-18-20-17(13-28-18)19(2,3)4/h5-6,11,13H,7-10,12H2,1-4H3. The van der Waals surface area contributed by atoms with Crippen molar-refractivity contribution >= 4 is 27.0 Å². The molecule has 1 aliphatic rings. The highest BCUT2D eigenvalue weighted by Crippen LogP contribution is 2.27. The zero-order valence-corrected chi connectivity index (χ0v) is 18.7. The third-order valence-electron chi connectivity index (χ3n) is 5.01. The third-order valence-corrected chi connectivity index (χ3v) is 7.88. The fourth-order valence-corrected chi connectivity index (χ4v) is 5.90. The summed E-state index contributed by atoms with van der Waals surface area (Å²) in [6.45, 7) is 10.6. The number of rotatable bonds is 5. The number of sulfonamides is 1. The molecule has 0 aliphatic carbocycles. The number of thiazole rings is 1. The maximum atomic E-state index is 13.0. The number of hydrogen-bond acceptors (Lipinski definition) is 7. The maximum Gasteiger partial charge on any atom is 0.270 e. The molecule has 0 bridgehead atoms. The summed E-state index contributed by atoms with van der Waals surface area (Å²) >= 11 is 1.63. The Kier molecular flexibility index (Phi) is 6.09. The van der Waals surface area contributed by atoms with Gasteiger partial charge in [0.1, 0.15) is 5.01 Å². The molecule has 2 heterocycles. The fourth-order valence-electron chi connectivity index (χ4n) is 3.17. The van der Waals surface area contributed by atoms with E-state index in [2.05, 4.69) is 31.1 Å². The number of nitrogens with zero attached hydrogens (tertiary/aromatic N) is 4. The zero-order chi connectivity index (χ0) is 21.4. The first-order valence-electron chi connectivity index (χ1n) is 9.41. The minimum atomic E-state index is -3.77. The van der Waals surface area contributed by atoms with Gasteiger partial charge in [-0.05, 0) is 12.5 Å². The maximum absolute atomic E-state index is 13.0. The van der Waals surface area contributed by atoms with E-state index in [4.69, 9.17) is 4.98 Å². The molecule has 0 spiro atoms. The molecule has 0 saturated carbocycles. The first-order valence-corrected chi connectivity index (χ1v) is 11.7. The Morgan fingerprint density at radius 2 is 1.86 bits per heavy atom. The molecular weight excluding hydrogens is 412 g/mol. The molecule has 29 heavy (non-hydrogen) atoms. The monoisotopic (exact) mass is 438 g/mol. The van der Waals surface area contributed by atoms with Gasteiger partial charge in [0.15, 0.2) is 0 Å². The topological polar surface area (TPSA) is 96.6 Å². The van der Waals surface area contributed by atoms with Crippen molar-refractivity contribution in [3.63, 3.8) is 0 Å². The largest absolute Gasteiger partial charge is 0.294 e. The van der Waals surface area contributed by atoms with E-state index in [1.165, 1.54) is 16.4 Å². The van der Waals surface area contributed by atoms with Gasteiger partial charge in [-0.15, -0.1) is 11.3 Å². The van der Waals surface area contributed by atoms with Crippen LogP contribution in [0.3, 0.4) is 0 Å². The Morgan fingerprint density at radius 3 is 2.41 bits per heavy atom. The molecular formula is C19H26N4O4S2. The Hall–Kier alpha value is -1.88. The minimum absolute atomic E-state index is 0.00916. The lowest BCUT2D eigenvalue weighted by Gasteiger charge is -2.33. The molecule has 0 atom stereocenters. The lowest BCUT2D eigenvalue weighted by atomic mass is 9.93. The van der Waals surface area contributed by atoms with Crippen molar-refractivity contribution in [3.8, 4) is 0 Å². The van der Waals surface area contributed by atoms with Crippen LogP contribution in [0.25, 0.3) is 0 Å². The van der Waals surface area contributed by atoms with Crippen LogP contribution in [0.1, 0.15) is 37.0 Å². The third kappa shape index (κ3) is 4.82. The SMILES string of the molecule is Cc1ccc([N+](=O)[O-])cc1S(=O)(=O)N1CCN(Cc2nc(C(C)(C)C)cs2)CC1. The van der Waals surface area contributed by atoms with Gasteiger partial charge in [-0.3, -0.25) is 15.0 Å². The first-order chi connectivity index (χ1) is 13.5. The second kappa shape index (κ2) is 8.10. The summed E-state index contributed by atoms with van der Waals surface area (Å²) in [5.41, 5.74) is 1.37. The summed E-state index contributed by atoms with van der Waals surface area (Å²) in [5.74, 6) is 0. The van der Waals surface area contributed by atoms with Gasteiger partial charge in [0, 0.05) is 49.1 Å². The molecule has 1 aliphatic heterocycles. The smallest absolute Gasteiger partial charge is 0.270 e. The number of benzene rings is 1. The predicted octanol–water partition coefficient (Wildman–Crippen LogP) is 3.16. The van der Waals surface area contributed by atoms with E-state index in [0.29, 0.717) is 38.3 Å². The summed E-state index contributed by atoms with van der Waals surface area (Å²) in [6, 6.07) is 3.96. The van der Waals surface area contributed by atoms with E-state index in [9.17, 15) is 18.5 Å². The number of piperazine rings is 1. The average molecular weight is 439 g/mol. The molecule has 0 unspecified atom stereocenters. The molecule has 10 heteroatoms. The van der Waals surface area contributed by atoms with Gasteiger partial charge < -0.3 is 0 Å². The van der Waals surface area contributed by atoms with Crippen molar-refractivity contribution in [1.29, 1.82) is 0 Å². The number of nitro groups is 1. The summed E-state index contributed by atoms with van der Waals surface area (Å²) in [6.07, 6.45) is 0. The van der Waals surface area contributed by atoms with Gasteiger partial charge in [-0.2, -0.15) is 4.31 Å². The number of aromatic nitrogens is 1. The van der Waals surface area contributed by atoms with Crippen molar-refractivity contribution < 1.29 is 13.3 Å². The fraction of sp³-hybridized carbons (Fsp3) is 0.526. The second-order valence-electron chi connectivity index (χ2n) is 8.26. The average Bonchev–Trinajstić information content (AvgIpc) is 3.11. The quantitative estimate of drug-likeness (QED) is 0.525. The highest BCUT2D eigenvalue weighted by atomic mass is 32.2. The van der Waals surface area contributed by atoms with Gasteiger partial charge in [-0.1, -0.05) is 26.8 Å². The molecule has 1 fully saturated rings. The van der Waals surface area contributed by atoms with Gasteiger partial charge in [-0.25, -0.2) is 13.4 Å². The number of aryl methyl sites for hydroxylation is 1. The van der Waals surface area contributed by atoms with Crippen LogP contribution in [-0.4, -0.2) is 53.7 Å². The number of non-ortho nitro benzene ring substituents is 1. The van der Waals surface area contributed by atoms with Gasteiger partial charge in [0.25, 0.3) is 5.69 Å². The Bertz CT molecular complexity index is 1000. The molecule has 1 aromatic carbocycles. The molecule has 2 aromatic rings. The minimum Gasteiger partial charge on any atom is -0.294 e. The molecule has 0 amide bonds. The lowest BCUT2D eigenvalue weighted by Crippen LogP contribution is -2.48. The van der Waals surface area contributed by atoms with E-state index < -0.39 is 14.9 Å². The van der Waals surface area contributed by atoms with E-state index in [1.54, 1.807) is 18.3 Å². The number of nitro benzene ring substituents is 1. The molecule has 3 rings (SSSR count). The van der Waals surface area contributed by atoms with Crippen LogP contribution in [-0.2, 0) is 22.0 Å². The molecule has 0 N–H and O–H groups in total. The zero-order valence-electron chi connectivity index (χ0n) is 17.1. The van der Waals surface area contributed by atoms with Crippen molar-refractivity contribution in [1.82, 2.24) is 14.2 Å². The Labute approximate surface area is 175 Å². The normalized spacial score (nSPS) is 16.8. The van der Waals surface area contributed by atoms with Crippen LogP contribution in [0.5, 0.6) is 0 Å². The van der Waals surface area contributed by atoms with E-state index in [0.717, 1.165) is 16.8 Å². The lowest BCUT2D eigenvalue weighted by molar-refractivity contribution is -0.385. The van der Waals surface area contributed by atoms with Gasteiger partial charge in [0.2, 0.25) is 10.0 Å². The van der Waals surface area contributed by atoms with Gasteiger partial charge >= 0.3 is 0 Å². The Morgan fingerprint density at radius 1 is 1.21 bits per heavy atom. The number of hydrogen-bond donors (Lipinski definition) is 0. The summed E-state index contributed by atoms with van der Waals surface area (Å²) in [5, 5.41) is 14.1. The second-order valence-corrected chi connectivity index (χ2v) is 11.1. The van der Waals surface area contributed by atoms with Crippen LogP contribution < -0.4 is 0 Å². The highest BCUT2D eigenvalue weighted by molar-refractivity contribution is 7.89. The molecule has 1 saturated heterocycles. The molecule has 1 aromatic heterocycles. The first kappa shape index (κ1) is 21.8. The molecule has 158 valence electrons. The molecule has 0 radical (unpaired) electrons. The summed E-state index contributed by atoms with van der Waals surface area (Å²) in [4.78, 5) is 17.4. The van der Waals surface area contributed by atoms with Crippen LogP contribution in [0.4, 0.5) is 5.69 Å². The van der Waals surface area contributed by atoms with Crippen molar-refractivity contribution in [2.24, 2.45) is 0 Å². The van der Waals surface area contributed by atoms with Crippen molar-refractivity contribution in [2.75, 3.05) is 26.2 Å². The Balaban J connectivity index is 1.68. The van der Waals surface area contributed by atoms with Crippen LogP contribution >= 0.6 is 11.3 Å².